The molecule has 5 heteroatoms. The van der Waals surface area contributed by atoms with Crippen molar-refractivity contribution < 1.29 is 4.74 Å². The summed E-state index contributed by atoms with van der Waals surface area (Å²) in [4.78, 5) is 0. The number of halogens is 3. The molecule has 0 amide bonds. The van der Waals surface area contributed by atoms with Gasteiger partial charge in [0.2, 0.25) is 0 Å². The Kier molecular flexibility index (Phi) is 5.81. The molecule has 1 aromatic rings. The molecule has 0 saturated heterocycles. The zero-order valence-corrected chi connectivity index (χ0v) is 13.9. The molecular weight excluding hydrogens is 305 g/mol. The maximum absolute atomic E-state index is 6.14. The lowest BCUT2D eigenvalue weighted by atomic mass is 9.84. The predicted octanol–water partition coefficient (Wildman–Crippen LogP) is 5.18. The average Bonchev–Trinajstić information content (AvgIpc) is 2.29. The van der Waals surface area contributed by atoms with Crippen LogP contribution in [0.15, 0.2) is 12.1 Å². The van der Waals surface area contributed by atoms with E-state index in [1.165, 1.54) is 0 Å². The van der Waals surface area contributed by atoms with Crippen molar-refractivity contribution in [3.05, 3.63) is 27.2 Å². The second-order valence-electron chi connectivity index (χ2n) is 5.67. The Bertz CT molecular complexity index is 443. The minimum Gasteiger partial charge on any atom is -0.487 e. The Morgan fingerprint density at radius 2 is 1.63 bits per heavy atom. The van der Waals surface area contributed by atoms with Gasteiger partial charge in [-0.05, 0) is 12.5 Å². The Morgan fingerprint density at radius 3 is 2.11 bits per heavy atom. The Balaban J connectivity index is 3.07. The Morgan fingerprint density at radius 1 is 1.11 bits per heavy atom. The van der Waals surface area contributed by atoms with Gasteiger partial charge in [0.25, 0.3) is 0 Å². The van der Waals surface area contributed by atoms with E-state index in [0.29, 0.717) is 20.8 Å². The van der Waals surface area contributed by atoms with E-state index in [1.807, 2.05) is 6.92 Å². The third-order valence-corrected chi connectivity index (χ3v) is 3.96. The molecule has 0 aliphatic carbocycles. The lowest BCUT2D eigenvalue weighted by Crippen LogP contribution is -2.47. The van der Waals surface area contributed by atoms with Crippen LogP contribution in [0.3, 0.4) is 0 Å². The summed E-state index contributed by atoms with van der Waals surface area (Å²) in [5.74, 6) is 0.514. The SMILES string of the molecule is CCC(N)C(Oc1cc(Cl)c(Cl)cc1Cl)C(C)(C)C. The molecule has 0 radical (unpaired) electrons. The van der Waals surface area contributed by atoms with Crippen LogP contribution in [0.1, 0.15) is 34.1 Å². The van der Waals surface area contributed by atoms with Gasteiger partial charge in [0.1, 0.15) is 11.9 Å². The Hall–Kier alpha value is -0.150. The highest BCUT2D eigenvalue weighted by Crippen LogP contribution is 2.36. The quantitative estimate of drug-likeness (QED) is 0.775. The van der Waals surface area contributed by atoms with Crippen LogP contribution in [-0.2, 0) is 0 Å². The summed E-state index contributed by atoms with van der Waals surface area (Å²) < 4.78 is 6.00. The minimum absolute atomic E-state index is 0.0782. The van der Waals surface area contributed by atoms with Gasteiger partial charge in [0.05, 0.1) is 15.1 Å². The van der Waals surface area contributed by atoms with E-state index < -0.39 is 0 Å². The average molecular weight is 325 g/mol. The van der Waals surface area contributed by atoms with Crippen LogP contribution in [0.5, 0.6) is 5.75 Å². The van der Waals surface area contributed by atoms with Gasteiger partial charge in [0, 0.05) is 17.5 Å². The molecular formula is C14H20Cl3NO. The van der Waals surface area contributed by atoms with Crippen molar-refractivity contribution in [2.75, 3.05) is 0 Å². The van der Waals surface area contributed by atoms with Crippen LogP contribution in [0, 0.1) is 5.41 Å². The van der Waals surface area contributed by atoms with E-state index >= 15 is 0 Å². The number of benzene rings is 1. The van der Waals surface area contributed by atoms with Crippen LogP contribution >= 0.6 is 34.8 Å². The first kappa shape index (κ1) is 16.9. The van der Waals surface area contributed by atoms with Crippen LogP contribution in [0.2, 0.25) is 15.1 Å². The first-order chi connectivity index (χ1) is 8.66. The molecule has 108 valence electrons. The molecule has 1 rings (SSSR count). The second-order valence-corrected chi connectivity index (χ2v) is 6.89. The van der Waals surface area contributed by atoms with Gasteiger partial charge in [-0.3, -0.25) is 0 Å². The zero-order chi connectivity index (χ0) is 14.8. The summed E-state index contributed by atoms with van der Waals surface area (Å²) in [7, 11) is 0. The summed E-state index contributed by atoms with van der Waals surface area (Å²) in [5.41, 5.74) is 6.04. The zero-order valence-electron chi connectivity index (χ0n) is 11.6. The molecule has 1 aromatic carbocycles. The van der Waals surface area contributed by atoms with Gasteiger partial charge in [0.15, 0.2) is 0 Å². The fourth-order valence-electron chi connectivity index (χ4n) is 1.85. The normalized spacial score (nSPS) is 15.2. The van der Waals surface area contributed by atoms with E-state index in [9.17, 15) is 0 Å². The van der Waals surface area contributed by atoms with E-state index in [0.717, 1.165) is 6.42 Å². The molecule has 0 aliphatic heterocycles. The fourth-order valence-corrected chi connectivity index (χ4v) is 2.43. The van der Waals surface area contributed by atoms with Crippen molar-refractivity contribution in [2.45, 2.75) is 46.3 Å². The highest BCUT2D eigenvalue weighted by Gasteiger charge is 2.32. The maximum atomic E-state index is 6.14. The van der Waals surface area contributed by atoms with Gasteiger partial charge in [-0.2, -0.15) is 0 Å². The van der Waals surface area contributed by atoms with Crippen LogP contribution in [-0.4, -0.2) is 12.1 Å². The van der Waals surface area contributed by atoms with E-state index in [1.54, 1.807) is 12.1 Å². The van der Waals surface area contributed by atoms with Crippen LogP contribution in [0.4, 0.5) is 0 Å². The van der Waals surface area contributed by atoms with Crippen LogP contribution < -0.4 is 10.5 Å². The third-order valence-electron chi connectivity index (χ3n) is 2.94. The molecule has 0 fully saturated rings. The molecule has 2 unspecified atom stereocenters. The lowest BCUT2D eigenvalue weighted by molar-refractivity contribution is 0.0623. The minimum atomic E-state index is -0.160. The van der Waals surface area contributed by atoms with Crippen molar-refractivity contribution >= 4 is 34.8 Å². The van der Waals surface area contributed by atoms with Crippen molar-refractivity contribution in [2.24, 2.45) is 11.1 Å². The number of hydrogen-bond acceptors (Lipinski definition) is 2. The molecule has 0 heterocycles. The topological polar surface area (TPSA) is 35.2 Å². The van der Waals surface area contributed by atoms with E-state index in [4.69, 9.17) is 45.3 Å². The summed E-state index contributed by atoms with van der Waals surface area (Å²) in [5, 5.41) is 1.26. The van der Waals surface area contributed by atoms with Crippen molar-refractivity contribution in [3.63, 3.8) is 0 Å². The summed E-state index contributed by atoms with van der Waals surface area (Å²) in [6, 6.07) is 3.14. The smallest absolute Gasteiger partial charge is 0.140 e. The standard InChI is InChI=1S/C14H20Cl3NO/c1-5-11(18)13(14(2,3)4)19-12-7-9(16)8(15)6-10(12)17/h6-7,11,13H,5,18H2,1-4H3. The third kappa shape index (κ3) is 4.42. The van der Waals surface area contributed by atoms with Crippen molar-refractivity contribution in [1.82, 2.24) is 0 Å². The molecule has 2 atom stereocenters. The lowest BCUT2D eigenvalue weighted by Gasteiger charge is -2.35. The number of ether oxygens (including phenoxy) is 1. The van der Waals surface area contributed by atoms with Gasteiger partial charge in [-0.1, -0.05) is 62.5 Å². The summed E-state index contributed by atoms with van der Waals surface area (Å²) in [6.45, 7) is 8.28. The Labute approximate surface area is 130 Å². The first-order valence-electron chi connectivity index (χ1n) is 6.23. The number of rotatable bonds is 4. The highest BCUT2D eigenvalue weighted by molar-refractivity contribution is 6.43. The molecule has 0 aromatic heterocycles. The monoisotopic (exact) mass is 323 g/mol. The molecule has 2 nitrogen and oxygen atoms in total. The first-order valence-corrected chi connectivity index (χ1v) is 7.37. The maximum Gasteiger partial charge on any atom is 0.140 e. The van der Waals surface area contributed by atoms with Gasteiger partial charge in [-0.15, -0.1) is 0 Å². The highest BCUT2D eigenvalue weighted by atomic mass is 35.5. The van der Waals surface area contributed by atoms with Gasteiger partial charge >= 0.3 is 0 Å². The molecule has 0 saturated carbocycles. The van der Waals surface area contributed by atoms with Crippen molar-refractivity contribution in [3.8, 4) is 5.75 Å². The molecule has 0 aliphatic rings. The van der Waals surface area contributed by atoms with Gasteiger partial charge in [-0.25, -0.2) is 0 Å². The van der Waals surface area contributed by atoms with E-state index in [-0.39, 0.29) is 17.6 Å². The molecule has 19 heavy (non-hydrogen) atoms. The van der Waals surface area contributed by atoms with Crippen molar-refractivity contribution in [1.29, 1.82) is 0 Å². The summed E-state index contributed by atoms with van der Waals surface area (Å²) in [6.07, 6.45) is 0.660. The summed E-state index contributed by atoms with van der Waals surface area (Å²) >= 11 is 18.0. The number of nitrogens with two attached hydrogens (primary N) is 1. The largest absolute Gasteiger partial charge is 0.487 e. The predicted molar refractivity (Wildman–Crippen MR) is 83.6 cm³/mol. The van der Waals surface area contributed by atoms with Gasteiger partial charge < -0.3 is 10.5 Å². The number of hydrogen-bond donors (Lipinski definition) is 1. The molecule has 2 N–H and O–H groups in total. The molecule has 0 bridgehead atoms. The second kappa shape index (κ2) is 6.53. The van der Waals surface area contributed by atoms with Crippen LogP contribution in [0.25, 0.3) is 0 Å². The fraction of sp³-hybridized carbons (Fsp3) is 0.571. The molecule has 0 spiro atoms. The van der Waals surface area contributed by atoms with E-state index in [2.05, 4.69) is 20.8 Å².